The Hall–Kier alpha value is -1.22. The highest BCUT2D eigenvalue weighted by Crippen LogP contribution is 2.28. The number of hydrogen-bond acceptors (Lipinski definition) is 4. The molecule has 0 saturated carbocycles. The molecular weight excluding hydrogens is 445 g/mol. The van der Waals surface area contributed by atoms with Gasteiger partial charge in [-0.25, -0.2) is 4.99 Å². The van der Waals surface area contributed by atoms with Crippen LogP contribution in [0.4, 0.5) is 0 Å². The van der Waals surface area contributed by atoms with E-state index in [0.29, 0.717) is 19.1 Å². The van der Waals surface area contributed by atoms with Crippen LogP contribution in [0.1, 0.15) is 25.8 Å². The van der Waals surface area contributed by atoms with Crippen molar-refractivity contribution in [3.8, 4) is 11.5 Å². The van der Waals surface area contributed by atoms with E-state index in [1.165, 1.54) is 0 Å². The van der Waals surface area contributed by atoms with Crippen LogP contribution >= 0.6 is 24.0 Å². The molecule has 1 unspecified atom stereocenters. The minimum absolute atomic E-state index is 0. The maximum Gasteiger partial charge on any atom is 0.194 e. The third kappa shape index (κ3) is 6.50. The maximum absolute atomic E-state index is 5.65. The summed E-state index contributed by atoms with van der Waals surface area (Å²) in [6.45, 7) is 8.97. The van der Waals surface area contributed by atoms with Gasteiger partial charge in [-0.15, -0.1) is 24.0 Å². The van der Waals surface area contributed by atoms with Gasteiger partial charge in [0, 0.05) is 32.7 Å². The summed E-state index contributed by atoms with van der Waals surface area (Å²) in [7, 11) is 3.42. The number of benzene rings is 1. The molecule has 1 aliphatic heterocycles. The molecule has 6 nitrogen and oxygen atoms in total. The second kappa shape index (κ2) is 12.2. The van der Waals surface area contributed by atoms with E-state index in [-0.39, 0.29) is 24.0 Å². The van der Waals surface area contributed by atoms with Crippen molar-refractivity contribution in [1.82, 2.24) is 10.2 Å². The van der Waals surface area contributed by atoms with Crippen molar-refractivity contribution in [2.75, 3.05) is 47.1 Å². The van der Waals surface area contributed by atoms with Gasteiger partial charge in [-0.3, -0.25) is 0 Å². The average Bonchev–Trinajstić information content (AvgIpc) is 3.08. The van der Waals surface area contributed by atoms with Crippen LogP contribution < -0.4 is 14.8 Å². The lowest BCUT2D eigenvalue weighted by molar-refractivity contribution is 0.157. The summed E-state index contributed by atoms with van der Waals surface area (Å²) >= 11 is 0. The summed E-state index contributed by atoms with van der Waals surface area (Å²) in [5, 5.41) is 3.40. The SMILES string of the molecule is CCNC(=NCc1ccc(OC)c(OCC)c1)N1CCC(COC)C1.I. The third-order valence-corrected chi connectivity index (χ3v) is 4.26. The van der Waals surface area contributed by atoms with Gasteiger partial charge >= 0.3 is 0 Å². The van der Waals surface area contributed by atoms with Gasteiger partial charge in [0.2, 0.25) is 0 Å². The van der Waals surface area contributed by atoms with Crippen LogP contribution in [-0.2, 0) is 11.3 Å². The van der Waals surface area contributed by atoms with Crippen molar-refractivity contribution in [3.63, 3.8) is 0 Å². The first kappa shape index (κ1) is 22.8. The Labute approximate surface area is 174 Å². The van der Waals surface area contributed by atoms with Gasteiger partial charge in [0.15, 0.2) is 17.5 Å². The summed E-state index contributed by atoms with van der Waals surface area (Å²) in [4.78, 5) is 7.13. The molecule has 148 valence electrons. The molecular formula is C19H32IN3O3. The summed E-state index contributed by atoms with van der Waals surface area (Å²) in [5.41, 5.74) is 1.10. The third-order valence-electron chi connectivity index (χ3n) is 4.26. The molecule has 0 amide bonds. The number of ether oxygens (including phenoxy) is 3. The number of methoxy groups -OCH3 is 2. The Balaban J connectivity index is 0.00000338. The predicted molar refractivity (Wildman–Crippen MR) is 116 cm³/mol. The molecule has 0 spiro atoms. The summed E-state index contributed by atoms with van der Waals surface area (Å²) < 4.78 is 16.3. The zero-order chi connectivity index (χ0) is 18.1. The highest BCUT2D eigenvalue weighted by Gasteiger charge is 2.24. The van der Waals surface area contributed by atoms with Crippen LogP contribution in [0.15, 0.2) is 23.2 Å². The second-order valence-corrected chi connectivity index (χ2v) is 6.14. The van der Waals surface area contributed by atoms with Crippen molar-refractivity contribution < 1.29 is 14.2 Å². The lowest BCUT2D eigenvalue weighted by Crippen LogP contribution is -2.40. The van der Waals surface area contributed by atoms with Crippen molar-refractivity contribution in [2.45, 2.75) is 26.8 Å². The number of guanidine groups is 1. The number of nitrogens with one attached hydrogen (secondary N) is 1. The molecule has 0 aromatic heterocycles. The number of halogens is 1. The molecule has 0 bridgehead atoms. The summed E-state index contributed by atoms with van der Waals surface area (Å²) in [5.74, 6) is 3.07. The lowest BCUT2D eigenvalue weighted by Gasteiger charge is -2.21. The highest BCUT2D eigenvalue weighted by molar-refractivity contribution is 14.0. The Morgan fingerprint density at radius 1 is 1.27 bits per heavy atom. The van der Waals surface area contributed by atoms with Crippen molar-refractivity contribution >= 4 is 29.9 Å². The molecule has 0 radical (unpaired) electrons. The molecule has 1 heterocycles. The summed E-state index contributed by atoms with van der Waals surface area (Å²) in [6, 6.07) is 5.98. The fourth-order valence-electron chi connectivity index (χ4n) is 3.08. The highest BCUT2D eigenvalue weighted by atomic mass is 127. The average molecular weight is 477 g/mol. The van der Waals surface area contributed by atoms with Crippen LogP contribution in [0, 0.1) is 5.92 Å². The Morgan fingerprint density at radius 2 is 2.08 bits per heavy atom. The largest absolute Gasteiger partial charge is 0.493 e. The number of aliphatic imine (C=N–C) groups is 1. The van der Waals surface area contributed by atoms with Crippen LogP contribution in [0.2, 0.25) is 0 Å². The number of likely N-dealkylation sites (tertiary alicyclic amines) is 1. The van der Waals surface area contributed by atoms with Crippen LogP contribution in [-0.4, -0.2) is 57.9 Å². The molecule has 2 rings (SSSR count). The van der Waals surface area contributed by atoms with Crippen LogP contribution in [0.3, 0.4) is 0 Å². The molecule has 1 N–H and O–H groups in total. The second-order valence-electron chi connectivity index (χ2n) is 6.14. The zero-order valence-electron chi connectivity index (χ0n) is 16.3. The number of nitrogens with zero attached hydrogens (tertiary/aromatic N) is 2. The molecule has 7 heteroatoms. The molecule has 1 aromatic carbocycles. The molecule has 0 aliphatic carbocycles. The van der Waals surface area contributed by atoms with Gasteiger partial charge < -0.3 is 24.4 Å². The summed E-state index contributed by atoms with van der Waals surface area (Å²) in [6.07, 6.45) is 1.15. The van der Waals surface area contributed by atoms with E-state index in [2.05, 4.69) is 17.1 Å². The molecule has 1 aromatic rings. The topological polar surface area (TPSA) is 55.3 Å². The first-order valence-electron chi connectivity index (χ1n) is 9.03. The van der Waals surface area contributed by atoms with E-state index < -0.39 is 0 Å². The van der Waals surface area contributed by atoms with Crippen molar-refractivity contribution in [2.24, 2.45) is 10.9 Å². The first-order valence-corrected chi connectivity index (χ1v) is 9.03. The fourth-order valence-corrected chi connectivity index (χ4v) is 3.08. The normalized spacial score (nSPS) is 17.0. The van der Waals surface area contributed by atoms with Gasteiger partial charge in [0.1, 0.15) is 0 Å². The molecule has 1 saturated heterocycles. The monoisotopic (exact) mass is 477 g/mol. The van der Waals surface area contributed by atoms with E-state index in [1.54, 1.807) is 14.2 Å². The van der Waals surface area contributed by atoms with Crippen LogP contribution in [0.25, 0.3) is 0 Å². The van der Waals surface area contributed by atoms with Gasteiger partial charge in [0.05, 0.1) is 26.9 Å². The van der Waals surface area contributed by atoms with E-state index in [9.17, 15) is 0 Å². The zero-order valence-corrected chi connectivity index (χ0v) is 18.6. The van der Waals surface area contributed by atoms with E-state index >= 15 is 0 Å². The van der Waals surface area contributed by atoms with Gasteiger partial charge in [-0.2, -0.15) is 0 Å². The van der Waals surface area contributed by atoms with Gasteiger partial charge in [-0.05, 0) is 38.0 Å². The molecule has 1 atom stereocenters. The fraction of sp³-hybridized carbons (Fsp3) is 0.632. The molecule has 1 fully saturated rings. The number of hydrogen-bond donors (Lipinski definition) is 1. The van der Waals surface area contributed by atoms with Gasteiger partial charge in [0.25, 0.3) is 0 Å². The van der Waals surface area contributed by atoms with Crippen molar-refractivity contribution in [3.05, 3.63) is 23.8 Å². The van der Waals surface area contributed by atoms with E-state index in [1.807, 2.05) is 25.1 Å². The van der Waals surface area contributed by atoms with Crippen LogP contribution in [0.5, 0.6) is 11.5 Å². The van der Waals surface area contributed by atoms with Crippen molar-refractivity contribution in [1.29, 1.82) is 0 Å². The quantitative estimate of drug-likeness (QED) is 0.354. The Morgan fingerprint density at radius 3 is 2.73 bits per heavy atom. The minimum Gasteiger partial charge on any atom is -0.493 e. The standard InChI is InChI=1S/C19H31N3O3.HI/c1-5-20-19(22-10-9-16(13-22)14-23-3)21-12-15-7-8-17(24-4)18(11-15)25-6-2;/h7-8,11,16H,5-6,9-10,12-14H2,1-4H3,(H,20,21);1H. The lowest BCUT2D eigenvalue weighted by atomic mass is 10.1. The van der Waals surface area contributed by atoms with E-state index in [4.69, 9.17) is 19.2 Å². The first-order chi connectivity index (χ1) is 12.2. The predicted octanol–water partition coefficient (Wildman–Crippen LogP) is 3.15. The molecule has 26 heavy (non-hydrogen) atoms. The Bertz CT molecular complexity index is 569. The maximum atomic E-state index is 5.65. The van der Waals surface area contributed by atoms with Gasteiger partial charge in [-0.1, -0.05) is 6.07 Å². The number of rotatable bonds is 8. The Kier molecular flexibility index (Phi) is 10.7. The smallest absolute Gasteiger partial charge is 0.194 e. The van der Waals surface area contributed by atoms with E-state index in [0.717, 1.165) is 55.7 Å². The molecule has 1 aliphatic rings. The minimum atomic E-state index is 0.